The molecule has 1 unspecified atom stereocenters. The van der Waals surface area contributed by atoms with Crippen LogP contribution < -0.4 is 23.8 Å². The van der Waals surface area contributed by atoms with E-state index in [-0.39, 0.29) is 16.9 Å². The highest BCUT2D eigenvalue weighted by molar-refractivity contribution is 6.51. The summed E-state index contributed by atoms with van der Waals surface area (Å²) in [5, 5.41) is 11.5. The maximum Gasteiger partial charge on any atom is 0.300 e. The van der Waals surface area contributed by atoms with E-state index < -0.39 is 17.7 Å². The first-order chi connectivity index (χ1) is 17.8. The molecule has 1 fully saturated rings. The van der Waals surface area contributed by atoms with Crippen molar-refractivity contribution in [1.82, 2.24) is 0 Å². The Hall–Kier alpha value is -4.46. The Morgan fingerprint density at radius 3 is 2.30 bits per heavy atom. The third-order valence-corrected chi connectivity index (χ3v) is 6.19. The van der Waals surface area contributed by atoms with Gasteiger partial charge in [-0.3, -0.25) is 14.5 Å². The lowest BCUT2D eigenvalue weighted by Crippen LogP contribution is -2.29. The number of hydrogen-bond acceptors (Lipinski definition) is 7. The molecular weight excluding hydrogens is 474 g/mol. The second-order valence-corrected chi connectivity index (χ2v) is 8.42. The lowest BCUT2D eigenvalue weighted by atomic mass is 9.94. The van der Waals surface area contributed by atoms with Gasteiger partial charge in [0, 0.05) is 11.8 Å². The third-order valence-electron chi connectivity index (χ3n) is 6.19. The average Bonchev–Trinajstić information content (AvgIpc) is 3.18. The van der Waals surface area contributed by atoms with Crippen molar-refractivity contribution in [3.63, 3.8) is 0 Å². The van der Waals surface area contributed by atoms with Crippen molar-refractivity contribution in [3.8, 4) is 23.0 Å². The number of aliphatic hydroxyl groups excluding tert-OH is 1. The summed E-state index contributed by atoms with van der Waals surface area (Å²) in [6, 6.07) is 16.4. The summed E-state index contributed by atoms with van der Waals surface area (Å²) < 4.78 is 21.9. The van der Waals surface area contributed by atoms with Crippen LogP contribution in [0.25, 0.3) is 5.76 Å². The van der Waals surface area contributed by atoms with Crippen molar-refractivity contribution < 1.29 is 33.6 Å². The molecule has 8 heteroatoms. The molecule has 0 aliphatic carbocycles. The van der Waals surface area contributed by atoms with E-state index in [1.165, 1.54) is 26.2 Å². The first-order valence-electron chi connectivity index (χ1n) is 11.7. The first-order valence-corrected chi connectivity index (χ1v) is 11.7. The molecule has 37 heavy (non-hydrogen) atoms. The number of hydrogen-bond donors (Lipinski definition) is 1. The van der Waals surface area contributed by atoms with Gasteiger partial charge >= 0.3 is 0 Å². The Bertz CT molecular complexity index is 1380. The van der Waals surface area contributed by atoms with Gasteiger partial charge < -0.3 is 24.1 Å². The lowest BCUT2D eigenvalue weighted by Gasteiger charge is -2.26. The normalized spacial score (nSPS) is 16.6. The van der Waals surface area contributed by atoms with Crippen LogP contribution in [-0.2, 0) is 9.59 Å². The van der Waals surface area contributed by atoms with Crippen molar-refractivity contribution in [1.29, 1.82) is 0 Å². The Morgan fingerprint density at radius 2 is 1.65 bits per heavy atom. The van der Waals surface area contributed by atoms with Crippen LogP contribution in [0.2, 0.25) is 0 Å². The number of nitrogens with zero attached hydrogens (tertiary/aromatic N) is 1. The predicted molar refractivity (Wildman–Crippen MR) is 140 cm³/mol. The van der Waals surface area contributed by atoms with Gasteiger partial charge in [0.05, 0.1) is 45.1 Å². The van der Waals surface area contributed by atoms with E-state index in [1.54, 1.807) is 42.5 Å². The molecule has 1 heterocycles. The maximum absolute atomic E-state index is 13.5. The zero-order chi connectivity index (χ0) is 26.7. The van der Waals surface area contributed by atoms with Gasteiger partial charge in [0.15, 0.2) is 11.5 Å². The average molecular weight is 504 g/mol. The molecule has 3 aromatic carbocycles. The lowest BCUT2D eigenvalue weighted by molar-refractivity contribution is -0.132. The number of ether oxygens (including phenoxy) is 4. The fraction of sp³-hybridized carbons (Fsp3) is 0.241. The Morgan fingerprint density at radius 1 is 0.892 bits per heavy atom. The largest absolute Gasteiger partial charge is 0.507 e. The van der Waals surface area contributed by atoms with Crippen LogP contribution in [0.5, 0.6) is 23.0 Å². The smallest absolute Gasteiger partial charge is 0.300 e. The van der Waals surface area contributed by atoms with Gasteiger partial charge in [0.25, 0.3) is 11.7 Å². The standard InChI is InChI=1S/C29H29NO7/c1-6-37-24-15-18(10-13-22(24)35-4)26-25(27(31)21-12-11-20(34-3)16-23(21)36-5)28(32)29(33)30(26)19-9-7-8-17(2)14-19/h7-16,26,31H,6H2,1-5H3/b27-25+. The van der Waals surface area contributed by atoms with Gasteiger partial charge in [-0.1, -0.05) is 18.2 Å². The van der Waals surface area contributed by atoms with E-state index in [2.05, 4.69) is 0 Å². The number of aliphatic hydroxyl groups is 1. The molecule has 1 saturated heterocycles. The summed E-state index contributed by atoms with van der Waals surface area (Å²) in [4.78, 5) is 28.4. The molecule has 1 aliphatic heterocycles. The number of methoxy groups -OCH3 is 3. The van der Waals surface area contributed by atoms with Gasteiger partial charge in [-0.15, -0.1) is 0 Å². The molecule has 0 spiro atoms. The molecule has 0 aromatic heterocycles. The maximum atomic E-state index is 13.5. The minimum Gasteiger partial charge on any atom is -0.507 e. The number of ketones is 1. The topological polar surface area (TPSA) is 94.5 Å². The second kappa shape index (κ2) is 10.7. The highest BCUT2D eigenvalue weighted by Crippen LogP contribution is 2.45. The molecule has 0 radical (unpaired) electrons. The number of rotatable bonds is 8. The first kappa shape index (κ1) is 25.6. The van der Waals surface area contributed by atoms with E-state index in [1.807, 2.05) is 32.0 Å². The fourth-order valence-corrected chi connectivity index (χ4v) is 4.46. The zero-order valence-corrected chi connectivity index (χ0v) is 21.4. The molecule has 1 atom stereocenters. The third kappa shape index (κ3) is 4.70. The van der Waals surface area contributed by atoms with Crippen molar-refractivity contribution in [2.75, 3.05) is 32.8 Å². The minimum absolute atomic E-state index is 0.0670. The summed E-state index contributed by atoms with van der Waals surface area (Å²) in [5.74, 6) is -0.140. The molecule has 1 amide bonds. The van der Waals surface area contributed by atoms with Crippen LogP contribution in [0.3, 0.4) is 0 Å². The van der Waals surface area contributed by atoms with Crippen LogP contribution in [0.4, 0.5) is 5.69 Å². The predicted octanol–water partition coefficient (Wildman–Crippen LogP) is 5.05. The Labute approximate surface area is 215 Å². The zero-order valence-electron chi connectivity index (χ0n) is 21.4. The number of carbonyl (C=O) groups excluding carboxylic acids is 2. The SMILES string of the molecule is CCOc1cc(C2/C(=C(\O)c3ccc(OC)cc3OC)C(=O)C(=O)N2c2cccc(C)c2)ccc1OC. The molecule has 1 aliphatic rings. The van der Waals surface area contributed by atoms with Gasteiger partial charge in [-0.2, -0.15) is 0 Å². The number of anilines is 1. The Balaban J connectivity index is 1.99. The molecular formula is C29H29NO7. The van der Waals surface area contributed by atoms with E-state index in [9.17, 15) is 14.7 Å². The van der Waals surface area contributed by atoms with Crippen molar-refractivity contribution in [2.24, 2.45) is 0 Å². The Kier molecular flexibility index (Phi) is 7.38. The van der Waals surface area contributed by atoms with Gasteiger partial charge in [-0.25, -0.2) is 0 Å². The molecule has 0 bridgehead atoms. The summed E-state index contributed by atoms with van der Waals surface area (Å²) in [6.45, 7) is 4.14. The molecule has 192 valence electrons. The van der Waals surface area contributed by atoms with Gasteiger partial charge in [0.1, 0.15) is 17.3 Å². The van der Waals surface area contributed by atoms with E-state index in [4.69, 9.17) is 18.9 Å². The minimum atomic E-state index is -0.932. The molecule has 4 rings (SSSR count). The number of benzene rings is 3. The van der Waals surface area contributed by atoms with Crippen LogP contribution in [0.15, 0.2) is 66.2 Å². The van der Waals surface area contributed by atoms with Crippen LogP contribution in [-0.4, -0.2) is 44.7 Å². The highest BCUT2D eigenvalue weighted by Gasteiger charge is 2.47. The number of carbonyl (C=O) groups is 2. The highest BCUT2D eigenvalue weighted by atomic mass is 16.5. The van der Waals surface area contributed by atoms with E-state index in [0.717, 1.165) is 5.56 Å². The van der Waals surface area contributed by atoms with Crippen LogP contribution >= 0.6 is 0 Å². The van der Waals surface area contributed by atoms with Crippen molar-refractivity contribution in [3.05, 3.63) is 82.9 Å². The van der Waals surface area contributed by atoms with E-state index in [0.29, 0.717) is 40.9 Å². The summed E-state index contributed by atoms with van der Waals surface area (Å²) in [7, 11) is 4.50. The molecule has 8 nitrogen and oxygen atoms in total. The number of Topliss-reactive ketones (excluding diaryl/α,β-unsaturated/α-hetero) is 1. The second-order valence-electron chi connectivity index (χ2n) is 8.42. The van der Waals surface area contributed by atoms with Crippen LogP contribution in [0, 0.1) is 6.92 Å². The monoisotopic (exact) mass is 503 g/mol. The summed E-state index contributed by atoms with van der Waals surface area (Å²) >= 11 is 0. The summed E-state index contributed by atoms with van der Waals surface area (Å²) in [6.07, 6.45) is 0. The van der Waals surface area contributed by atoms with Gasteiger partial charge in [-0.05, 0) is 61.4 Å². The van der Waals surface area contributed by atoms with Crippen LogP contribution in [0.1, 0.15) is 29.7 Å². The number of aryl methyl sites for hydroxylation is 1. The number of amides is 1. The van der Waals surface area contributed by atoms with E-state index >= 15 is 0 Å². The quantitative estimate of drug-likeness (QED) is 0.261. The summed E-state index contributed by atoms with van der Waals surface area (Å²) in [5.41, 5.74) is 2.21. The van der Waals surface area contributed by atoms with Crippen molar-refractivity contribution in [2.45, 2.75) is 19.9 Å². The van der Waals surface area contributed by atoms with Crippen molar-refractivity contribution >= 4 is 23.1 Å². The molecule has 3 aromatic rings. The molecule has 1 N–H and O–H groups in total. The molecule has 0 saturated carbocycles. The van der Waals surface area contributed by atoms with Gasteiger partial charge in [0.2, 0.25) is 0 Å². The fourth-order valence-electron chi connectivity index (χ4n) is 4.46.